The van der Waals surface area contributed by atoms with E-state index in [2.05, 4.69) is 52.1 Å². The molecule has 0 saturated heterocycles. The maximum Gasteiger partial charge on any atom is 0.296 e. The van der Waals surface area contributed by atoms with Crippen LogP contribution in [0.2, 0.25) is 0 Å². The minimum absolute atomic E-state index is 0.0482. The van der Waals surface area contributed by atoms with Gasteiger partial charge in [0.2, 0.25) is 0 Å². The number of carbonyl (C=O) groups excluding carboxylic acids is 1. The molecule has 0 saturated carbocycles. The number of benzene rings is 1. The molecule has 18 heavy (non-hydrogen) atoms. The van der Waals surface area contributed by atoms with E-state index in [1.165, 1.54) is 10.5 Å². The molecular weight excluding hydrogens is 310 g/mol. The third kappa shape index (κ3) is 2.90. The maximum absolute atomic E-state index is 11.6. The summed E-state index contributed by atoms with van der Waals surface area (Å²) in [5.74, 6) is 6.38. The van der Waals surface area contributed by atoms with Crippen molar-refractivity contribution in [1.82, 2.24) is 5.32 Å². The molecule has 94 valence electrons. The Labute approximate surface area is 120 Å². The normalized spacial score (nSPS) is 21.5. The summed E-state index contributed by atoms with van der Waals surface area (Å²) in [5.41, 5.74) is 1.18. The second-order valence-electron chi connectivity index (χ2n) is 4.30. The van der Waals surface area contributed by atoms with Crippen LogP contribution in [0.4, 0.5) is 0 Å². The minimum atomic E-state index is -0.202. The Balaban J connectivity index is 2.31. The Morgan fingerprint density at radius 2 is 2.33 bits per heavy atom. The third-order valence-corrected chi connectivity index (χ3v) is 4.77. The van der Waals surface area contributed by atoms with Crippen molar-refractivity contribution < 1.29 is 4.79 Å². The first-order valence-electron chi connectivity index (χ1n) is 5.77. The van der Waals surface area contributed by atoms with E-state index in [1.807, 2.05) is 17.8 Å². The zero-order chi connectivity index (χ0) is 13.1. The van der Waals surface area contributed by atoms with Crippen LogP contribution < -0.4 is 5.32 Å². The molecule has 0 aromatic heterocycles. The van der Waals surface area contributed by atoms with Crippen molar-refractivity contribution in [3.8, 4) is 11.8 Å². The summed E-state index contributed by atoms with van der Waals surface area (Å²) >= 11 is 5.33. The number of thioether (sulfide) groups is 1. The zero-order valence-electron chi connectivity index (χ0n) is 10.3. The predicted octanol–water partition coefficient (Wildman–Crippen LogP) is 3.37. The number of fused-ring (bicyclic) bond motifs is 1. The number of halogens is 1. The number of hydrogen-bond acceptors (Lipinski definition) is 2. The Morgan fingerprint density at radius 1 is 1.56 bits per heavy atom. The molecular formula is C14H14BrNOS. The Hall–Kier alpha value is -0.920. The van der Waals surface area contributed by atoms with Crippen molar-refractivity contribution >= 4 is 33.6 Å². The molecule has 1 aliphatic heterocycles. The molecule has 0 fully saturated rings. The van der Waals surface area contributed by atoms with E-state index in [9.17, 15) is 4.79 Å². The van der Waals surface area contributed by atoms with Crippen LogP contribution in [0.15, 0.2) is 27.6 Å². The minimum Gasteiger partial charge on any atom is -0.338 e. The number of nitrogens with one attached hydrogen (secondary N) is 1. The van der Waals surface area contributed by atoms with Gasteiger partial charge >= 0.3 is 0 Å². The van der Waals surface area contributed by atoms with Crippen LogP contribution in [-0.4, -0.2) is 11.7 Å². The van der Waals surface area contributed by atoms with Gasteiger partial charge < -0.3 is 5.32 Å². The fraction of sp³-hybridized carbons (Fsp3) is 0.357. The van der Waals surface area contributed by atoms with Crippen molar-refractivity contribution in [3.05, 3.63) is 28.2 Å². The van der Waals surface area contributed by atoms with E-state index in [-0.39, 0.29) is 11.9 Å². The van der Waals surface area contributed by atoms with E-state index >= 15 is 0 Å². The zero-order valence-corrected chi connectivity index (χ0v) is 12.7. The Morgan fingerprint density at radius 3 is 3.06 bits per heavy atom. The number of rotatable bonds is 1. The average Bonchev–Trinajstić information content (AvgIpc) is 2.33. The molecule has 0 unspecified atom stereocenters. The highest BCUT2D eigenvalue weighted by Crippen LogP contribution is 2.40. The summed E-state index contributed by atoms with van der Waals surface area (Å²) in [4.78, 5) is 12.9. The SMILES string of the molecule is CC#CC(=O)N[C@H]1c2cc(Br)ccc2SC[C@H]1C. The molecule has 0 radical (unpaired) electrons. The van der Waals surface area contributed by atoms with Gasteiger partial charge in [0.25, 0.3) is 5.91 Å². The summed E-state index contributed by atoms with van der Waals surface area (Å²) < 4.78 is 1.04. The standard InChI is InChI=1S/C14H14BrNOS/c1-3-4-13(17)16-14-9(2)8-18-12-6-5-10(15)7-11(12)14/h5-7,9,14H,8H2,1-2H3,(H,16,17)/t9-,14-/m1/s1. The summed E-state index contributed by atoms with van der Waals surface area (Å²) in [5, 5.41) is 3.01. The van der Waals surface area contributed by atoms with Crippen molar-refractivity contribution in [2.75, 3.05) is 5.75 Å². The Kier molecular flexibility index (Phi) is 4.36. The highest BCUT2D eigenvalue weighted by molar-refractivity contribution is 9.10. The lowest BCUT2D eigenvalue weighted by Crippen LogP contribution is -2.34. The molecule has 2 nitrogen and oxygen atoms in total. The van der Waals surface area contributed by atoms with Crippen LogP contribution in [0.25, 0.3) is 0 Å². The van der Waals surface area contributed by atoms with Gasteiger partial charge in [-0.05, 0) is 42.5 Å². The number of hydrogen-bond donors (Lipinski definition) is 1. The first-order chi connectivity index (χ1) is 8.61. The van der Waals surface area contributed by atoms with Crippen molar-refractivity contribution in [3.63, 3.8) is 0 Å². The van der Waals surface area contributed by atoms with E-state index < -0.39 is 0 Å². The van der Waals surface area contributed by atoms with Crippen molar-refractivity contribution in [2.45, 2.75) is 24.8 Å². The molecule has 2 atom stereocenters. The van der Waals surface area contributed by atoms with Crippen molar-refractivity contribution in [1.29, 1.82) is 0 Å². The number of amides is 1. The maximum atomic E-state index is 11.6. The second-order valence-corrected chi connectivity index (χ2v) is 6.27. The van der Waals surface area contributed by atoms with Gasteiger partial charge in [-0.25, -0.2) is 0 Å². The molecule has 2 rings (SSSR count). The summed E-state index contributed by atoms with van der Waals surface area (Å²) in [6.07, 6.45) is 0. The van der Waals surface area contributed by atoms with Gasteiger partial charge in [-0.1, -0.05) is 28.8 Å². The number of carbonyl (C=O) groups is 1. The van der Waals surface area contributed by atoms with E-state index in [1.54, 1.807) is 6.92 Å². The Bertz CT molecular complexity index is 532. The van der Waals surface area contributed by atoms with E-state index in [0.29, 0.717) is 5.92 Å². The van der Waals surface area contributed by atoms with Gasteiger partial charge in [0.15, 0.2) is 0 Å². The highest BCUT2D eigenvalue weighted by Gasteiger charge is 2.28. The predicted molar refractivity (Wildman–Crippen MR) is 78.4 cm³/mol. The smallest absolute Gasteiger partial charge is 0.296 e. The van der Waals surface area contributed by atoms with Gasteiger partial charge in [0.05, 0.1) is 6.04 Å². The topological polar surface area (TPSA) is 29.1 Å². The molecule has 1 amide bonds. The summed E-state index contributed by atoms with van der Waals surface area (Å²) in [7, 11) is 0. The van der Waals surface area contributed by atoms with Gasteiger partial charge in [-0.3, -0.25) is 4.79 Å². The molecule has 1 aromatic carbocycles. The fourth-order valence-electron chi connectivity index (χ4n) is 2.03. The molecule has 1 aliphatic rings. The average molecular weight is 324 g/mol. The highest BCUT2D eigenvalue weighted by atomic mass is 79.9. The summed E-state index contributed by atoms with van der Waals surface area (Å²) in [6.45, 7) is 3.82. The van der Waals surface area contributed by atoms with Gasteiger partial charge in [-0.15, -0.1) is 11.8 Å². The summed E-state index contributed by atoms with van der Waals surface area (Å²) in [6, 6.07) is 6.27. The van der Waals surface area contributed by atoms with Crippen LogP contribution >= 0.6 is 27.7 Å². The second kappa shape index (κ2) is 5.81. The van der Waals surface area contributed by atoms with E-state index in [4.69, 9.17) is 0 Å². The lowest BCUT2D eigenvalue weighted by molar-refractivity contribution is -0.116. The lowest BCUT2D eigenvalue weighted by atomic mass is 9.95. The monoisotopic (exact) mass is 323 g/mol. The van der Waals surface area contributed by atoms with Crippen LogP contribution in [0.1, 0.15) is 25.5 Å². The van der Waals surface area contributed by atoms with Crippen molar-refractivity contribution in [2.24, 2.45) is 5.92 Å². The molecule has 0 bridgehead atoms. The van der Waals surface area contributed by atoms with Crippen LogP contribution in [-0.2, 0) is 4.79 Å². The molecule has 0 aliphatic carbocycles. The molecule has 4 heteroatoms. The molecule has 1 heterocycles. The van der Waals surface area contributed by atoms with Crippen LogP contribution in [0.3, 0.4) is 0 Å². The van der Waals surface area contributed by atoms with Gasteiger partial charge in [-0.2, -0.15) is 0 Å². The van der Waals surface area contributed by atoms with Crippen LogP contribution in [0, 0.1) is 17.8 Å². The third-order valence-electron chi connectivity index (χ3n) is 2.90. The van der Waals surface area contributed by atoms with Gasteiger partial charge in [0, 0.05) is 15.1 Å². The largest absolute Gasteiger partial charge is 0.338 e. The first-order valence-corrected chi connectivity index (χ1v) is 7.55. The molecule has 1 aromatic rings. The quantitative estimate of drug-likeness (QED) is 0.803. The molecule has 0 spiro atoms. The fourth-order valence-corrected chi connectivity index (χ4v) is 3.56. The van der Waals surface area contributed by atoms with Gasteiger partial charge in [0.1, 0.15) is 0 Å². The van der Waals surface area contributed by atoms with E-state index in [0.717, 1.165) is 10.2 Å². The lowest BCUT2D eigenvalue weighted by Gasteiger charge is -2.31. The van der Waals surface area contributed by atoms with Crippen LogP contribution in [0.5, 0.6) is 0 Å². The first kappa shape index (κ1) is 13.5. The molecule has 1 N–H and O–H groups in total.